The Morgan fingerprint density at radius 3 is 2.95 bits per heavy atom. The number of carbonyl (C=O) groups excluding carboxylic acids is 1. The summed E-state index contributed by atoms with van der Waals surface area (Å²) in [5.74, 6) is -0.639. The topological polar surface area (TPSA) is 80.0 Å². The molecule has 2 heterocycles. The van der Waals surface area contributed by atoms with Gasteiger partial charge in [-0.15, -0.1) is 0 Å². The molecule has 100 valence electrons. The van der Waals surface area contributed by atoms with Gasteiger partial charge in [-0.05, 0) is 13.0 Å². The highest BCUT2D eigenvalue weighted by molar-refractivity contribution is 5.95. The third kappa shape index (κ3) is 3.06. The molecule has 0 radical (unpaired) electrons. The van der Waals surface area contributed by atoms with Gasteiger partial charge >= 0.3 is 0 Å². The first kappa shape index (κ1) is 13.0. The van der Waals surface area contributed by atoms with E-state index in [4.69, 9.17) is 4.52 Å². The van der Waals surface area contributed by atoms with Gasteiger partial charge in [0.2, 0.25) is 0 Å². The van der Waals surface area contributed by atoms with Gasteiger partial charge in [0.25, 0.3) is 5.91 Å². The van der Waals surface area contributed by atoms with Crippen LogP contribution in [0.5, 0.6) is 0 Å². The first-order valence-electron chi connectivity index (χ1n) is 5.78. The Morgan fingerprint density at radius 2 is 2.26 bits per heavy atom. The Labute approximate surface area is 109 Å². The Bertz CT molecular complexity index is 557. The number of amides is 1. The molecule has 1 amide bonds. The van der Waals surface area contributed by atoms with E-state index in [1.165, 1.54) is 18.5 Å². The lowest BCUT2D eigenvalue weighted by atomic mass is 10.2. The maximum Gasteiger partial charge on any atom is 0.254 e. The molecule has 2 rings (SSSR count). The third-order valence-electron chi connectivity index (χ3n) is 2.39. The Morgan fingerprint density at radius 1 is 1.42 bits per heavy atom. The highest BCUT2D eigenvalue weighted by Gasteiger charge is 2.15. The predicted octanol–water partition coefficient (Wildman–Crippen LogP) is 1.57. The van der Waals surface area contributed by atoms with Crippen molar-refractivity contribution in [1.82, 2.24) is 15.5 Å². The summed E-state index contributed by atoms with van der Waals surface area (Å²) in [7, 11) is 0. The zero-order valence-corrected chi connectivity index (χ0v) is 10.3. The molecule has 0 aromatic carbocycles. The van der Waals surface area contributed by atoms with Crippen LogP contribution >= 0.6 is 0 Å². The minimum Gasteiger partial charge on any atom is -0.368 e. The van der Waals surface area contributed by atoms with E-state index in [1.54, 1.807) is 6.07 Å². The van der Waals surface area contributed by atoms with Gasteiger partial charge in [0.1, 0.15) is 0 Å². The van der Waals surface area contributed by atoms with Crippen molar-refractivity contribution >= 4 is 11.7 Å². The van der Waals surface area contributed by atoms with E-state index in [9.17, 15) is 9.18 Å². The van der Waals surface area contributed by atoms with Crippen molar-refractivity contribution in [3.8, 4) is 0 Å². The number of carbonyl (C=O) groups is 1. The van der Waals surface area contributed by atoms with Gasteiger partial charge in [-0.3, -0.25) is 4.79 Å². The highest BCUT2D eigenvalue weighted by Crippen LogP contribution is 2.14. The highest BCUT2D eigenvalue weighted by atomic mass is 19.1. The maximum atomic E-state index is 14.0. The van der Waals surface area contributed by atoms with Gasteiger partial charge < -0.3 is 15.2 Å². The molecule has 0 aliphatic heterocycles. The molecule has 2 aromatic heterocycles. The van der Waals surface area contributed by atoms with E-state index in [0.29, 0.717) is 12.3 Å². The van der Waals surface area contributed by atoms with Gasteiger partial charge in [0.15, 0.2) is 17.4 Å². The molecule has 0 saturated heterocycles. The first-order chi connectivity index (χ1) is 9.22. The van der Waals surface area contributed by atoms with Crippen LogP contribution in [0.15, 0.2) is 29.0 Å². The van der Waals surface area contributed by atoms with Gasteiger partial charge in [-0.25, -0.2) is 9.37 Å². The van der Waals surface area contributed by atoms with Crippen LogP contribution in [0.25, 0.3) is 0 Å². The number of nitrogens with one attached hydrogen (secondary N) is 2. The van der Waals surface area contributed by atoms with Gasteiger partial charge in [0, 0.05) is 18.8 Å². The van der Waals surface area contributed by atoms with Crippen LogP contribution in [0, 0.1) is 5.82 Å². The molecule has 0 fully saturated rings. The lowest BCUT2D eigenvalue weighted by Gasteiger charge is -2.08. The average Bonchev–Trinajstić information content (AvgIpc) is 2.92. The van der Waals surface area contributed by atoms with E-state index < -0.39 is 11.7 Å². The van der Waals surface area contributed by atoms with E-state index in [0.717, 1.165) is 0 Å². The molecule has 6 nitrogen and oxygen atoms in total. The van der Waals surface area contributed by atoms with Gasteiger partial charge in [0.05, 0.1) is 18.3 Å². The molecule has 19 heavy (non-hydrogen) atoms. The molecule has 0 atom stereocenters. The molecule has 0 aliphatic carbocycles. The number of hydrogen-bond donors (Lipinski definition) is 2. The number of anilines is 1. The molecule has 0 aliphatic rings. The standard InChI is InChI=1S/C12H13FN4O2/c1-2-14-11-10(13)9(4-5-15-11)12(18)16-7-8-3-6-17-19-8/h3-6H,2,7H2,1H3,(H,14,15)(H,16,18). The van der Waals surface area contributed by atoms with E-state index in [1.807, 2.05) is 6.92 Å². The Hall–Kier alpha value is -2.44. The number of nitrogens with zero attached hydrogens (tertiary/aromatic N) is 2. The van der Waals surface area contributed by atoms with Gasteiger partial charge in [-0.2, -0.15) is 0 Å². The second-order valence-corrected chi connectivity index (χ2v) is 3.71. The largest absolute Gasteiger partial charge is 0.368 e. The van der Waals surface area contributed by atoms with Crippen LogP contribution in [0.2, 0.25) is 0 Å². The third-order valence-corrected chi connectivity index (χ3v) is 2.39. The van der Waals surface area contributed by atoms with Crippen molar-refractivity contribution in [2.24, 2.45) is 0 Å². The van der Waals surface area contributed by atoms with Crippen molar-refractivity contribution in [3.05, 3.63) is 41.7 Å². The summed E-state index contributed by atoms with van der Waals surface area (Å²) in [6.45, 7) is 2.49. The van der Waals surface area contributed by atoms with Crippen LogP contribution in [-0.2, 0) is 6.54 Å². The summed E-state index contributed by atoms with van der Waals surface area (Å²) >= 11 is 0. The van der Waals surface area contributed by atoms with E-state index in [2.05, 4.69) is 20.8 Å². The van der Waals surface area contributed by atoms with Crippen molar-refractivity contribution in [3.63, 3.8) is 0 Å². The molecule has 0 saturated carbocycles. The average molecular weight is 264 g/mol. The van der Waals surface area contributed by atoms with Crippen molar-refractivity contribution in [2.45, 2.75) is 13.5 Å². The molecule has 2 N–H and O–H groups in total. The summed E-state index contributed by atoms with van der Waals surface area (Å²) in [4.78, 5) is 15.7. The maximum absolute atomic E-state index is 14.0. The number of rotatable bonds is 5. The smallest absolute Gasteiger partial charge is 0.254 e. The van der Waals surface area contributed by atoms with E-state index >= 15 is 0 Å². The SMILES string of the molecule is CCNc1nccc(C(=O)NCc2ccno2)c1F. The molecule has 0 bridgehead atoms. The van der Waals surface area contributed by atoms with Crippen LogP contribution in [0.4, 0.5) is 10.2 Å². The predicted molar refractivity (Wildman–Crippen MR) is 66.0 cm³/mol. The number of aromatic nitrogens is 2. The number of hydrogen-bond acceptors (Lipinski definition) is 5. The van der Waals surface area contributed by atoms with Crippen molar-refractivity contribution in [1.29, 1.82) is 0 Å². The van der Waals surface area contributed by atoms with Crippen molar-refractivity contribution < 1.29 is 13.7 Å². The molecular formula is C12H13FN4O2. The lowest BCUT2D eigenvalue weighted by Crippen LogP contribution is -2.24. The first-order valence-corrected chi connectivity index (χ1v) is 5.78. The fourth-order valence-electron chi connectivity index (χ4n) is 1.51. The Balaban J connectivity index is 2.08. The fourth-order valence-corrected chi connectivity index (χ4v) is 1.51. The summed E-state index contributed by atoms with van der Waals surface area (Å²) < 4.78 is 18.8. The zero-order valence-electron chi connectivity index (χ0n) is 10.3. The fraction of sp³-hybridized carbons (Fsp3) is 0.250. The van der Waals surface area contributed by atoms with Crippen LogP contribution in [-0.4, -0.2) is 22.6 Å². The van der Waals surface area contributed by atoms with E-state index in [-0.39, 0.29) is 17.9 Å². The molecule has 2 aromatic rings. The van der Waals surface area contributed by atoms with Crippen LogP contribution in [0.3, 0.4) is 0 Å². The zero-order chi connectivity index (χ0) is 13.7. The Kier molecular flexibility index (Phi) is 4.07. The summed E-state index contributed by atoms with van der Waals surface area (Å²) in [5, 5.41) is 8.80. The van der Waals surface area contributed by atoms with Crippen molar-refractivity contribution in [2.75, 3.05) is 11.9 Å². The minimum absolute atomic E-state index is 0.0644. The molecule has 7 heteroatoms. The summed E-state index contributed by atoms with van der Waals surface area (Å²) in [6, 6.07) is 2.94. The quantitative estimate of drug-likeness (QED) is 0.856. The molecule has 0 spiro atoms. The monoisotopic (exact) mass is 264 g/mol. The lowest BCUT2D eigenvalue weighted by molar-refractivity contribution is 0.0943. The summed E-state index contributed by atoms with van der Waals surface area (Å²) in [5.41, 5.74) is -0.0644. The number of halogens is 1. The normalized spacial score (nSPS) is 10.2. The number of pyridine rings is 1. The minimum atomic E-state index is -0.667. The summed E-state index contributed by atoms with van der Waals surface area (Å²) in [6.07, 6.45) is 2.85. The van der Waals surface area contributed by atoms with Gasteiger partial charge in [-0.1, -0.05) is 5.16 Å². The van der Waals surface area contributed by atoms with Crippen LogP contribution < -0.4 is 10.6 Å². The van der Waals surface area contributed by atoms with Crippen LogP contribution in [0.1, 0.15) is 23.0 Å². The molecule has 0 unspecified atom stereocenters. The molecular weight excluding hydrogens is 251 g/mol. The second-order valence-electron chi connectivity index (χ2n) is 3.71. The second kappa shape index (κ2) is 5.94.